The quantitative estimate of drug-likeness (QED) is 0.471. The maximum absolute atomic E-state index is 12.3. The average molecular weight is 423 g/mol. The molecular formula is C22H22N4O3S. The molecule has 2 heterocycles. The van der Waals surface area contributed by atoms with Gasteiger partial charge >= 0.3 is 0 Å². The predicted octanol–water partition coefficient (Wildman–Crippen LogP) is 4.61. The van der Waals surface area contributed by atoms with Crippen molar-refractivity contribution in [2.75, 3.05) is 19.0 Å². The van der Waals surface area contributed by atoms with Gasteiger partial charge in [0.1, 0.15) is 11.5 Å². The lowest BCUT2D eigenvalue weighted by molar-refractivity contribution is -0.118. The number of aromatic nitrogens is 3. The Kier molecular flexibility index (Phi) is 5.67. The fraction of sp³-hybridized carbons (Fsp3) is 0.227. The molecule has 4 rings (SSSR count). The van der Waals surface area contributed by atoms with E-state index in [1.54, 1.807) is 11.6 Å². The zero-order valence-electron chi connectivity index (χ0n) is 17.0. The number of nitrogens with zero attached hydrogens (tertiary/aromatic N) is 3. The van der Waals surface area contributed by atoms with Gasteiger partial charge in [0.25, 0.3) is 11.9 Å². The summed E-state index contributed by atoms with van der Waals surface area (Å²) < 4.78 is 12.5. The topological polar surface area (TPSA) is 77.8 Å². The highest BCUT2D eigenvalue weighted by atomic mass is 32.1. The first-order chi connectivity index (χ1) is 14.5. The standard InChI is InChI=1S/C22H22N4O3S/c1-14(2)16-5-4-6-18(11-16)29-12-20(27)23-21-24-22-26(25-21)19(13-30-22)15-7-9-17(28-3)10-8-15/h4-11,13-14H,12H2,1-3H3,(H,23,25,27). The van der Waals surface area contributed by atoms with E-state index in [4.69, 9.17) is 9.47 Å². The number of rotatable bonds is 7. The molecule has 0 aliphatic rings. The van der Waals surface area contributed by atoms with Gasteiger partial charge in [-0.15, -0.1) is 16.4 Å². The molecule has 0 saturated heterocycles. The van der Waals surface area contributed by atoms with Crippen LogP contribution in [-0.4, -0.2) is 34.2 Å². The van der Waals surface area contributed by atoms with E-state index in [1.165, 1.54) is 11.3 Å². The van der Waals surface area contributed by atoms with E-state index >= 15 is 0 Å². The van der Waals surface area contributed by atoms with Crippen molar-refractivity contribution in [3.8, 4) is 22.8 Å². The number of hydrogen-bond acceptors (Lipinski definition) is 6. The number of fused-ring (bicyclic) bond motifs is 1. The van der Waals surface area contributed by atoms with Crippen molar-refractivity contribution in [3.63, 3.8) is 0 Å². The third kappa shape index (κ3) is 4.28. The lowest BCUT2D eigenvalue weighted by Gasteiger charge is -2.09. The predicted molar refractivity (Wildman–Crippen MR) is 118 cm³/mol. The third-order valence-electron chi connectivity index (χ3n) is 4.61. The van der Waals surface area contributed by atoms with Gasteiger partial charge in [-0.25, -0.2) is 4.52 Å². The molecule has 0 aliphatic heterocycles. The number of nitrogens with one attached hydrogen (secondary N) is 1. The highest BCUT2D eigenvalue weighted by molar-refractivity contribution is 7.15. The van der Waals surface area contributed by atoms with Gasteiger partial charge in [0.05, 0.1) is 12.8 Å². The minimum absolute atomic E-state index is 0.111. The average Bonchev–Trinajstić information content (AvgIpc) is 3.32. The van der Waals surface area contributed by atoms with E-state index in [1.807, 2.05) is 53.9 Å². The van der Waals surface area contributed by atoms with Gasteiger partial charge in [0, 0.05) is 10.9 Å². The molecule has 0 bridgehead atoms. The molecule has 1 amide bonds. The Hall–Kier alpha value is -3.39. The second-order valence-electron chi connectivity index (χ2n) is 7.04. The van der Waals surface area contributed by atoms with E-state index < -0.39 is 0 Å². The van der Waals surface area contributed by atoms with Crippen molar-refractivity contribution in [2.24, 2.45) is 0 Å². The zero-order valence-corrected chi connectivity index (χ0v) is 17.8. The van der Waals surface area contributed by atoms with E-state index in [9.17, 15) is 4.79 Å². The number of benzene rings is 2. The van der Waals surface area contributed by atoms with Crippen LogP contribution in [0.5, 0.6) is 11.5 Å². The molecule has 0 unspecified atom stereocenters. The van der Waals surface area contributed by atoms with Crippen molar-refractivity contribution < 1.29 is 14.3 Å². The van der Waals surface area contributed by atoms with Gasteiger partial charge in [-0.1, -0.05) is 26.0 Å². The van der Waals surface area contributed by atoms with Crippen LogP contribution in [0.1, 0.15) is 25.3 Å². The summed E-state index contributed by atoms with van der Waals surface area (Å²) in [6.07, 6.45) is 0. The fourth-order valence-corrected chi connectivity index (χ4v) is 3.80. The molecule has 7 nitrogen and oxygen atoms in total. The maximum atomic E-state index is 12.3. The van der Waals surface area contributed by atoms with Gasteiger partial charge < -0.3 is 9.47 Å². The molecule has 2 aromatic carbocycles. The number of carbonyl (C=O) groups excluding carboxylic acids is 1. The van der Waals surface area contributed by atoms with E-state index in [2.05, 4.69) is 29.2 Å². The fourth-order valence-electron chi connectivity index (χ4n) is 2.97. The molecular weight excluding hydrogens is 400 g/mol. The summed E-state index contributed by atoms with van der Waals surface area (Å²) in [5, 5.41) is 9.10. The van der Waals surface area contributed by atoms with Crippen LogP contribution in [-0.2, 0) is 4.79 Å². The van der Waals surface area contributed by atoms with Gasteiger partial charge in [0.2, 0.25) is 4.96 Å². The van der Waals surface area contributed by atoms with Gasteiger partial charge in [-0.2, -0.15) is 4.98 Å². The number of carbonyl (C=O) groups is 1. The molecule has 0 fully saturated rings. The van der Waals surface area contributed by atoms with Crippen LogP contribution in [0.25, 0.3) is 16.2 Å². The third-order valence-corrected chi connectivity index (χ3v) is 5.43. The number of anilines is 1. The molecule has 2 aromatic heterocycles. The number of hydrogen-bond donors (Lipinski definition) is 1. The smallest absolute Gasteiger partial charge is 0.264 e. The number of thiazole rings is 1. The molecule has 4 aromatic rings. The molecule has 0 spiro atoms. The van der Waals surface area contributed by atoms with E-state index in [0.29, 0.717) is 16.6 Å². The normalized spacial score (nSPS) is 11.1. The molecule has 0 radical (unpaired) electrons. The summed E-state index contributed by atoms with van der Waals surface area (Å²) in [6.45, 7) is 4.11. The van der Waals surface area contributed by atoms with E-state index in [0.717, 1.165) is 22.6 Å². The summed E-state index contributed by atoms with van der Waals surface area (Å²) >= 11 is 1.46. The van der Waals surface area contributed by atoms with Crippen LogP contribution in [0.3, 0.4) is 0 Å². The summed E-state index contributed by atoms with van der Waals surface area (Å²) in [4.78, 5) is 17.4. The first kappa shape index (κ1) is 19.9. The number of ether oxygens (including phenoxy) is 2. The van der Waals surface area contributed by atoms with Crippen molar-refractivity contribution in [3.05, 3.63) is 59.5 Å². The van der Waals surface area contributed by atoms with Crippen molar-refractivity contribution >= 4 is 28.2 Å². The summed E-state index contributed by atoms with van der Waals surface area (Å²) in [5.74, 6) is 1.79. The molecule has 0 aliphatic carbocycles. The Bertz CT molecular complexity index is 1160. The van der Waals surface area contributed by atoms with Crippen LogP contribution in [0.4, 0.5) is 5.95 Å². The van der Waals surface area contributed by atoms with Crippen LogP contribution < -0.4 is 14.8 Å². The van der Waals surface area contributed by atoms with Crippen LogP contribution in [0.15, 0.2) is 53.9 Å². The molecule has 8 heteroatoms. The Morgan fingerprint density at radius 2 is 1.97 bits per heavy atom. The van der Waals surface area contributed by atoms with Gasteiger partial charge in [-0.05, 0) is 47.9 Å². The lowest BCUT2D eigenvalue weighted by Crippen LogP contribution is -2.21. The lowest BCUT2D eigenvalue weighted by atomic mass is 10.0. The minimum atomic E-state index is -0.311. The maximum Gasteiger partial charge on any atom is 0.264 e. The second-order valence-corrected chi connectivity index (χ2v) is 7.88. The monoisotopic (exact) mass is 422 g/mol. The summed E-state index contributed by atoms with van der Waals surface area (Å²) in [5.41, 5.74) is 3.04. The molecule has 30 heavy (non-hydrogen) atoms. The van der Waals surface area contributed by atoms with Crippen LogP contribution in [0.2, 0.25) is 0 Å². The second kappa shape index (κ2) is 8.54. The molecule has 154 valence electrons. The highest BCUT2D eigenvalue weighted by Gasteiger charge is 2.14. The number of amides is 1. The highest BCUT2D eigenvalue weighted by Crippen LogP contribution is 2.27. The molecule has 0 atom stereocenters. The van der Waals surface area contributed by atoms with Crippen LogP contribution in [0, 0.1) is 0 Å². The molecule has 0 saturated carbocycles. The Morgan fingerprint density at radius 1 is 1.17 bits per heavy atom. The first-order valence-electron chi connectivity index (χ1n) is 9.55. The van der Waals surface area contributed by atoms with Crippen molar-refractivity contribution in [1.82, 2.24) is 14.6 Å². The minimum Gasteiger partial charge on any atom is -0.497 e. The SMILES string of the molecule is COc1ccc(-c2csc3nc(NC(=O)COc4cccc(C(C)C)c4)nn23)cc1. The largest absolute Gasteiger partial charge is 0.497 e. The van der Waals surface area contributed by atoms with Gasteiger partial charge in [-0.3, -0.25) is 10.1 Å². The molecule has 1 N–H and O–H groups in total. The van der Waals surface area contributed by atoms with Crippen molar-refractivity contribution in [1.29, 1.82) is 0 Å². The zero-order chi connectivity index (χ0) is 21.1. The Balaban J connectivity index is 1.43. The van der Waals surface area contributed by atoms with Crippen molar-refractivity contribution in [2.45, 2.75) is 19.8 Å². The Labute approximate surface area is 178 Å². The van der Waals surface area contributed by atoms with E-state index in [-0.39, 0.29) is 18.5 Å². The Morgan fingerprint density at radius 3 is 2.70 bits per heavy atom. The number of methoxy groups -OCH3 is 1. The van der Waals surface area contributed by atoms with Gasteiger partial charge in [0.15, 0.2) is 6.61 Å². The summed E-state index contributed by atoms with van der Waals surface area (Å²) in [7, 11) is 1.63. The van der Waals surface area contributed by atoms with Crippen LogP contribution >= 0.6 is 11.3 Å². The summed E-state index contributed by atoms with van der Waals surface area (Å²) in [6, 6.07) is 15.5. The first-order valence-corrected chi connectivity index (χ1v) is 10.4.